The molecule has 0 bridgehead atoms. The van der Waals surface area contributed by atoms with Crippen LogP contribution in [0.3, 0.4) is 0 Å². The lowest BCUT2D eigenvalue weighted by Crippen LogP contribution is -2.45. The fourth-order valence-corrected chi connectivity index (χ4v) is 2.79. The van der Waals surface area contributed by atoms with Crippen molar-refractivity contribution in [3.63, 3.8) is 0 Å². The van der Waals surface area contributed by atoms with E-state index in [0.29, 0.717) is 25.5 Å². The van der Waals surface area contributed by atoms with Crippen LogP contribution in [0.25, 0.3) is 0 Å². The van der Waals surface area contributed by atoms with Crippen molar-refractivity contribution in [3.05, 3.63) is 23.8 Å². The number of carbonyl (C=O) groups excluding carboxylic acids is 1. The molecule has 1 aromatic heterocycles. The molecule has 1 amide bonds. The molecule has 6 nitrogen and oxygen atoms in total. The van der Waals surface area contributed by atoms with Crippen LogP contribution in [0.5, 0.6) is 0 Å². The molecule has 0 saturated carbocycles. The molecule has 0 spiro atoms. The predicted molar refractivity (Wildman–Crippen MR) is 72.9 cm³/mol. The fraction of sp³-hybridized carbons (Fsp3) is 0.643. The number of rotatable bonds is 2. The average Bonchev–Trinajstić information content (AvgIpc) is 2.94. The lowest BCUT2D eigenvalue weighted by atomic mass is 9.93. The summed E-state index contributed by atoms with van der Waals surface area (Å²) >= 11 is 0. The Labute approximate surface area is 118 Å². The van der Waals surface area contributed by atoms with Crippen molar-refractivity contribution < 1.29 is 9.53 Å². The van der Waals surface area contributed by atoms with Gasteiger partial charge in [-0.15, -0.1) is 0 Å². The number of morpholine rings is 1. The van der Waals surface area contributed by atoms with E-state index in [1.807, 2.05) is 11.8 Å². The highest BCUT2D eigenvalue weighted by atomic mass is 16.5. The Morgan fingerprint density at radius 3 is 3.10 bits per heavy atom. The molecule has 2 atom stereocenters. The SMILES string of the molecule is Cc1nc(C2CN(C(=O)C3CC=CCC3)CCO2)n[nH]1. The molecule has 1 aliphatic carbocycles. The van der Waals surface area contributed by atoms with Crippen molar-refractivity contribution >= 4 is 5.91 Å². The average molecular weight is 276 g/mol. The number of H-pyrrole nitrogens is 1. The lowest BCUT2D eigenvalue weighted by molar-refractivity contribution is -0.143. The summed E-state index contributed by atoms with van der Waals surface area (Å²) in [5, 5.41) is 6.96. The first-order valence-corrected chi connectivity index (χ1v) is 7.18. The predicted octanol–water partition coefficient (Wildman–Crippen LogP) is 1.37. The van der Waals surface area contributed by atoms with Gasteiger partial charge in [0.1, 0.15) is 11.9 Å². The number of aromatic nitrogens is 3. The van der Waals surface area contributed by atoms with Crippen LogP contribution in [0.2, 0.25) is 0 Å². The third-order valence-corrected chi connectivity index (χ3v) is 3.90. The van der Waals surface area contributed by atoms with Crippen LogP contribution in [0.15, 0.2) is 12.2 Å². The number of hydrogen-bond acceptors (Lipinski definition) is 4. The zero-order valence-corrected chi connectivity index (χ0v) is 11.7. The second kappa shape index (κ2) is 5.75. The van der Waals surface area contributed by atoms with Gasteiger partial charge in [0.05, 0.1) is 13.2 Å². The summed E-state index contributed by atoms with van der Waals surface area (Å²) < 4.78 is 5.69. The van der Waals surface area contributed by atoms with Crippen molar-refractivity contribution in [2.24, 2.45) is 5.92 Å². The zero-order valence-electron chi connectivity index (χ0n) is 11.7. The largest absolute Gasteiger partial charge is 0.366 e. The number of carbonyl (C=O) groups is 1. The van der Waals surface area contributed by atoms with Crippen LogP contribution in [0.4, 0.5) is 0 Å². The quantitative estimate of drug-likeness (QED) is 0.828. The van der Waals surface area contributed by atoms with Crippen molar-refractivity contribution in [1.29, 1.82) is 0 Å². The molecule has 3 rings (SSSR count). The molecule has 2 aliphatic rings. The Balaban J connectivity index is 1.65. The summed E-state index contributed by atoms with van der Waals surface area (Å²) in [7, 11) is 0. The number of allylic oxidation sites excluding steroid dienone is 2. The number of nitrogens with one attached hydrogen (secondary N) is 1. The van der Waals surface area contributed by atoms with E-state index in [4.69, 9.17) is 4.74 Å². The number of aromatic amines is 1. The molecule has 2 unspecified atom stereocenters. The van der Waals surface area contributed by atoms with Gasteiger partial charge in [0.2, 0.25) is 5.91 Å². The maximum absolute atomic E-state index is 12.5. The highest BCUT2D eigenvalue weighted by Gasteiger charge is 2.31. The first kappa shape index (κ1) is 13.3. The minimum Gasteiger partial charge on any atom is -0.366 e. The van der Waals surface area contributed by atoms with E-state index in [2.05, 4.69) is 27.3 Å². The minimum absolute atomic E-state index is 0.132. The molecule has 0 aromatic carbocycles. The Hall–Kier alpha value is -1.69. The highest BCUT2D eigenvalue weighted by Crippen LogP contribution is 2.24. The normalized spacial score (nSPS) is 26.8. The summed E-state index contributed by atoms with van der Waals surface area (Å²) in [6.45, 7) is 3.62. The van der Waals surface area contributed by atoms with E-state index in [1.165, 1.54) is 0 Å². The molecule has 1 fully saturated rings. The van der Waals surface area contributed by atoms with Crippen LogP contribution in [0, 0.1) is 12.8 Å². The molecule has 1 N–H and O–H groups in total. The number of ether oxygens (including phenoxy) is 1. The molecule has 1 saturated heterocycles. The number of hydrogen-bond donors (Lipinski definition) is 1. The van der Waals surface area contributed by atoms with Crippen LogP contribution in [-0.4, -0.2) is 45.7 Å². The van der Waals surface area contributed by atoms with Crippen LogP contribution >= 0.6 is 0 Å². The summed E-state index contributed by atoms with van der Waals surface area (Å²) in [4.78, 5) is 18.7. The standard InChI is InChI=1S/C14H20N4O2/c1-10-15-13(17-16-10)12-9-18(7-8-20-12)14(19)11-5-3-2-4-6-11/h2-3,11-12H,4-9H2,1H3,(H,15,16,17). The van der Waals surface area contributed by atoms with Crippen LogP contribution in [-0.2, 0) is 9.53 Å². The molecule has 1 aromatic rings. The van der Waals surface area contributed by atoms with Crippen molar-refractivity contribution in [1.82, 2.24) is 20.1 Å². The van der Waals surface area contributed by atoms with E-state index in [1.54, 1.807) is 0 Å². The van der Waals surface area contributed by atoms with Gasteiger partial charge in [-0.25, -0.2) is 4.98 Å². The van der Waals surface area contributed by atoms with E-state index < -0.39 is 0 Å². The Morgan fingerprint density at radius 2 is 2.40 bits per heavy atom. The van der Waals surface area contributed by atoms with Crippen molar-refractivity contribution in [2.75, 3.05) is 19.7 Å². The minimum atomic E-state index is -0.211. The van der Waals surface area contributed by atoms with Crippen molar-refractivity contribution in [3.8, 4) is 0 Å². The number of aryl methyl sites for hydroxylation is 1. The van der Waals surface area contributed by atoms with Crippen LogP contribution < -0.4 is 0 Å². The molecule has 20 heavy (non-hydrogen) atoms. The molecule has 0 radical (unpaired) electrons. The Morgan fingerprint density at radius 1 is 1.50 bits per heavy atom. The fourth-order valence-electron chi connectivity index (χ4n) is 2.79. The molecule has 2 heterocycles. The third kappa shape index (κ3) is 2.75. The van der Waals surface area contributed by atoms with Gasteiger partial charge >= 0.3 is 0 Å². The number of amides is 1. The molecular weight excluding hydrogens is 256 g/mol. The first-order chi connectivity index (χ1) is 9.74. The topological polar surface area (TPSA) is 71.1 Å². The Bertz CT molecular complexity index is 511. The van der Waals surface area contributed by atoms with Gasteiger partial charge in [-0.2, -0.15) is 5.10 Å². The molecule has 6 heteroatoms. The van der Waals surface area contributed by atoms with Gasteiger partial charge in [0, 0.05) is 12.5 Å². The van der Waals surface area contributed by atoms with Gasteiger partial charge in [0.25, 0.3) is 0 Å². The maximum atomic E-state index is 12.5. The monoisotopic (exact) mass is 276 g/mol. The summed E-state index contributed by atoms with van der Waals surface area (Å²) in [5.41, 5.74) is 0. The maximum Gasteiger partial charge on any atom is 0.226 e. The van der Waals surface area contributed by atoms with Gasteiger partial charge in [-0.05, 0) is 26.2 Å². The summed E-state index contributed by atoms with van der Waals surface area (Å²) in [5.74, 6) is 1.79. The van der Waals surface area contributed by atoms with Gasteiger partial charge in [-0.3, -0.25) is 9.89 Å². The van der Waals surface area contributed by atoms with E-state index in [9.17, 15) is 4.79 Å². The highest BCUT2D eigenvalue weighted by molar-refractivity contribution is 5.79. The molecule has 108 valence electrons. The number of nitrogens with zero attached hydrogens (tertiary/aromatic N) is 3. The lowest BCUT2D eigenvalue weighted by Gasteiger charge is -2.34. The second-order valence-corrected chi connectivity index (χ2v) is 5.40. The van der Waals surface area contributed by atoms with Gasteiger partial charge in [-0.1, -0.05) is 12.2 Å². The summed E-state index contributed by atoms with van der Waals surface area (Å²) in [6.07, 6.45) is 6.88. The second-order valence-electron chi connectivity index (χ2n) is 5.40. The van der Waals surface area contributed by atoms with E-state index in [0.717, 1.165) is 25.1 Å². The Kier molecular flexibility index (Phi) is 3.82. The zero-order chi connectivity index (χ0) is 13.9. The first-order valence-electron chi connectivity index (χ1n) is 7.18. The third-order valence-electron chi connectivity index (χ3n) is 3.90. The van der Waals surface area contributed by atoms with Crippen molar-refractivity contribution in [2.45, 2.75) is 32.3 Å². The van der Waals surface area contributed by atoms with Gasteiger partial charge in [0.15, 0.2) is 5.82 Å². The van der Waals surface area contributed by atoms with E-state index in [-0.39, 0.29) is 17.9 Å². The smallest absolute Gasteiger partial charge is 0.226 e. The van der Waals surface area contributed by atoms with Crippen LogP contribution in [0.1, 0.15) is 37.0 Å². The van der Waals surface area contributed by atoms with E-state index >= 15 is 0 Å². The summed E-state index contributed by atoms with van der Waals surface area (Å²) in [6, 6.07) is 0. The molecule has 1 aliphatic heterocycles. The van der Waals surface area contributed by atoms with Gasteiger partial charge < -0.3 is 9.64 Å². The molecular formula is C14H20N4O2.